The largest absolute Gasteiger partial charge is 0.538 e. The lowest BCUT2D eigenvalue weighted by Gasteiger charge is -2.20. The molecule has 1 aliphatic rings. The number of nitrogens with one attached hydrogen (secondary N) is 1. The summed E-state index contributed by atoms with van der Waals surface area (Å²) in [6, 6.07) is 0. The number of aromatic amines is 1. The highest BCUT2D eigenvalue weighted by atomic mass is 31.3. The van der Waals surface area contributed by atoms with Crippen molar-refractivity contribution in [3.63, 3.8) is 0 Å². The first kappa shape index (κ1) is 37.5. The van der Waals surface area contributed by atoms with E-state index in [1.165, 1.54) is 57.4 Å². The second-order valence-electron chi connectivity index (χ2n) is 10.0. The molecule has 0 saturated carbocycles. The Hall–Kier alpha value is -1.70. The summed E-state index contributed by atoms with van der Waals surface area (Å²) >= 11 is 0. The smallest absolute Gasteiger partial charge is 0.370 e. The number of unbranched alkanes of at least 4 members (excludes halogenated alkanes) is 10. The van der Waals surface area contributed by atoms with Gasteiger partial charge in [-0.15, -0.1) is 0 Å². The molecule has 0 fully saturated rings. The fourth-order valence-electron chi connectivity index (χ4n) is 4.11. The first-order valence-electron chi connectivity index (χ1n) is 14.1. The highest BCUT2D eigenvalue weighted by molar-refractivity contribution is 7.67. The van der Waals surface area contributed by atoms with Crippen molar-refractivity contribution in [2.24, 2.45) is 0 Å². The van der Waals surface area contributed by atoms with Crippen LogP contribution < -0.4 is 11.2 Å². The number of carbonyl (C=O) groups excluding carboxylic acids is 1. The summed E-state index contributed by atoms with van der Waals surface area (Å²) in [5, 5.41) is 0. The number of carbonyl (C=O) groups is 1. The molecule has 19 heteroatoms. The number of hydrogen-bond donors (Lipinski definition) is 4. The Balaban J connectivity index is 1.70. The molecular weight excluding hydrogens is 633 g/mol. The number of nitrogens with zero attached hydrogens (tertiary/aromatic N) is 1. The molecule has 5 atom stereocenters. The van der Waals surface area contributed by atoms with Gasteiger partial charge in [0.25, 0.3) is 5.56 Å². The number of aromatic nitrogens is 2. The zero-order valence-corrected chi connectivity index (χ0v) is 26.9. The maximum absolute atomic E-state index is 12.2. The minimum absolute atomic E-state index is 0.226. The minimum atomic E-state index is -5.75. The van der Waals surface area contributed by atoms with Crippen molar-refractivity contribution in [2.45, 2.75) is 103 Å². The highest BCUT2D eigenvalue weighted by Gasteiger charge is 2.44. The Morgan fingerprint density at radius 1 is 0.884 bits per heavy atom. The van der Waals surface area contributed by atoms with Crippen LogP contribution in [0.15, 0.2) is 27.9 Å². The van der Waals surface area contributed by atoms with Gasteiger partial charge in [0.05, 0.1) is 6.61 Å². The zero-order valence-electron chi connectivity index (χ0n) is 24.2. The molecule has 0 amide bonds. The van der Waals surface area contributed by atoms with Gasteiger partial charge in [-0.25, -0.2) is 18.5 Å². The van der Waals surface area contributed by atoms with Gasteiger partial charge in [0, 0.05) is 18.2 Å². The molecule has 2 rings (SSSR count). The zero-order chi connectivity index (χ0) is 32.1. The molecule has 0 aliphatic carbocycles. The molecule has 0 aromatic carbocycles. The van der Waals surface area contributed by atoms with E-state index in [1.54, 1.807) is 0 Å². The molecule has 3 unspecified atom stereocenters. The van der Waals surface area contributed by atoms with Crippen molar-refractivity contribution in [3.05, 3.63) is 44.8 Å². The average Bonchev–Trinajstić information content (AvgIpc) is 3.35. The Labute approximate surface area is 249 Å². The van der Waals surface area contributed by atoms with Gasteiger partial charge in [-0.05, 0) is 19.4 Å². The first-order chi connectivity index (χ1) is 20.1. The van der Waals surface area contributed by atoms with E-state index in [4.69, 9.17) is 4.74 Å². The summed E-state index contributed by atoms with van der Waals surface area (Å²) in [5.74, 6) is -1.17. The number of aryl methyl sites for hydroxylation is 1. The Kier molecular flexibility index (Phi) is 15.4. The van der Waals surface area contributed by atoms with Crippen LogP contribution in [0, 0.1) is 6.92 Å². The normalized spacial score (nSPS) is 20.8. The monoisotopic (exact) mass is 674 g/mol. The van der Waals surface area contributed by atoms with Crippen LogP contribution in [0.5, 0.6) is 0 Å². The van der Waals surface area contributed by atoms with Crippen LogP contribution in [0.2, 0.25) is 0 Å². The molecule has 0 saturated heterocycles. The second-order valence-corrected chi connectivity index (χ2v) is 14.6. The van der Waals surface area contributed by atoms with Gasteiger partial charge in [-0.3, -0.25) is 28.6 Å². The standard InChI is InChI=1S/C24H41N2O14P3/c1-3-4-5-6-7-8-9-10-11-12-13-14-22(27)38-42(32,33)40-43(34,35)39-41(30,31)36-18-20-15-16-21(37-20)26-17-19(2)23(28)25-24(26)29/h15-17,20-21H,3-14,18H2,1-2H3,(H,30,31)(H,32,33)(H,34,35)(H,25,28,29)/t20-,21+/m0/s1. The number of rotatable bonds is 21. The van der Waals surface area contributed by atoms with E-state index in [9.17, 15) is 42.8 Å². The lowest BCUT2D eigenvalue weighted by atomic mass is 10.1. The maximum Gasteiger partial charge on any atom is 0.538 e. The predicted octanol–water partition coefficient (Wildman–Crippen LogP) is 4.89. The second kappa shape index (κ2) is 17.7. The predicted molar refractivity (Wildman–Crippen MR) is 154 cm³/mol. The third-order valence-corrected chi connectivity index (χ3v) is 10.5. The van der Waals surface area contributed by atoms with Crippen LogP contribution in [0.4, 0.5) is 0 Å². The van der Waals surface area contributed by atoms with Crippen LogP contribution >= 0.6 is 23.5 Å². The molecule has 2 heterocycles. The summed E-state index contributed by atoms with van der Waals surface area (Å²) in [4.78, 5) is 66.7. The van der Waals surface area contributed by atoms with Gasteiger partial charge in [-0.1, -0.05) is 77.2 Å². The van der Waals surface area contributed by atoms with Crippen molar-refractivity contribution < 1.29 is 55.6 Å². The van der Waals surface area contributed by atoms with Crippen molar-refractivity contribution >= 4 is 29.4 Å². The molecule has 1 aromatic heterocycles. The minimum Gasteiger partial charge on any atom is -0.370 e. The quantitative estimate of drug-likeness (QED) is 0.0773. The Morgan fingerprint density at radius 2 is 1.44 bits per heavy atom. The SMILES string of the molecule is CCCCCCCCCCCCCC(=O)OP(=O)(O)OP(=O)(O)OP(=O)(O)OC[C@@H]1C=C[C@H](n2cc(C)c(=O)[nH]c2=O)O1. The molecule has 16 nitrogen and oxygen atoms in total. The van der Waals surface area contributed by atoms with Crippen molar-refractivity contribution in [1.29, 1.82) is 0 Å². The van der Waals surface area contributed by atoms with Gasteiger partial charge >= 0.3 is 35.1 Å². The molecule has 0 spiro atoms. The van der Waals surface area contributed by atoms with E-state index >= 15 is 0 Å². The van der Waals surface area contributed by atoms with Gasteiger partial charge in [0.15, 0.2) is 6.23 Å². The number of H-pyrrole nitrogens is 1. The van der Waals surface area contributed by atoms with Crippen molar-refractivity contribution in [3.8, 4) is 0 Å². The van der Waals surface area contributed by atoms with Crippen LogP contribution in [-0.2, 0) is 40.9 Å². The van der Waals surface area contributed by atoms with E-state index in [2.05, 4.69) is 29.6 Å². The topological polar surface area (TPSA) is 230 Å². The molecule has 0 radical (unpaired) electrons. The molecule has 1 aliphatic heterocycles. The average molecular weight is 675 g/mol. The van der Waals surface area contributed by atoms with Crippen LogP contribution in [-0.4, -0.2) is 42.9 Å². The van der Waals surface area contributed by atoms with Gasteiger partial charge < -0.3 is 19.0 Å². The number of phosphoric ester groups is 2. The number of ether oxygens (including phenoxy) is 1. The van der Waals surface area contributed by atoms with Gasteiger partial charge in [-0.2, -0.15) is 8.62 Å². The fraction of sp³-hybridized carbons (Fsp3) is 0.708. The summed E-state index contributed by atoms with van der Waals surface area (Å²) in [5.41, 5.74) is -1.12. The van der Waals surface area contributed by atoms with Gasteiger partial charge in [0.2, 0.25) is 0 Å². The summed E-state index contributed by atoms with van der Waals surface area (Å²) in [7, 11) is -16.6. The maximum atomic E-state index is 12.2. The molecule has 0 bridgehead atoms. The van der Waals surface area contributed by atoms with Crippen molar-refractivity contribution in [2.75, 3.05) is 6.61 Å². The summed E-state index contributed by atoms with van der Waals surface area (Å²) in [6.07, 6.45) is 13.0. The fourth-order valence-corrected chi connectivity index (χ4v) is 7.59. The van der Waals surface area contributed by atoms with E-state index in [0.717, 1.165) is 30.3 Å². The third-order valence-electron chi connectivity index (χ3n) is 6.24. The molecular formula is C24H41N2O14P3. The lowest BCUT2D eigenvalue weighted by molar-refractivity contribution is -0.135. The summed E-state index contributed by atoms with van der Waals surface area (Å²) < 4.78 is 59.6. The molecule has 4 N–H and O–H groups in total. The van der Waals surface area contributed by atoms with Crippen LogP contribution in [0.1, 0.15) is 95.8 Å². The first-order valence-corrected chi connectivity index (χ1v) is 18.6. The van der Waals surface area contributed by atoms with Crippen LogP contribution in [0.25, 0.3) is 0 Å². The van der Waals surface area contributed by atoms with E-state index in [1.807, 2.05) is 0 Å². The summed E-state index contributed by atoms with van der Waals surface area (Å²) in [6.45, 7) is 2.92. The number of phosphoric acid groups is 3. The van der Waals surface area contributed by atoms with E-state index in [0.29, 0.717) is 12.8 Å². The third kappa shape index (κ3) is 14.8. The number of hydrogen-bond acceptors (Lipinski definition) is 11. The van der Waals surface area contributed by atoms with Crippen LogP contribution in [0.3, 0.4) is 0 Å². The molecule has 246 valence electrons. The Morgan fingerprint density at radius 3 is 2.05 bits per heavy atom. The molecule has 1 aromatic rings. The van der Waals surface area contributed by atoms with E-state index in [-0.39, 0.29) is 12.0 Å². The van der Waals surface area contributed by atoms with Crippen molar-refractivity contribution in [1.82, 2.24) is 9.55 Å². The highest BCUT2D eigenvalue weighted by Crippen LogP contribution is 2.67. The lowest BCUT2D eigenvalue weighted by Crippen LogP contribution is -2.33. The van der Waals surface area contributed by atoms with Gasteiger partial charge in [0.1, 0.15) is 6.10 Å². The molecule has 43 heavy (non-hydrogen) atoms. The van der Waals surface area contributed by atoms with E-state index < -0.39 is 59.6 Å². The Bertz CT molecular complexity index is 1340.